The fourth-order valence-corrected chi connectivity index (χ4v) is 2.11. The highest BCUT2D eigenvalue weighted by Gasteiger charge is 2.29. The average Bonchev–Trinajstić information content (AvgIpc) is 2.62. The van der Waals surface area contributed by atoms with E-state index in [9.17, 15) is 0 Å². The van der Waals surface area contributed by atoms with Crippen LogP contribution in [0.5, 0.6) is 5.75 Å². The summed E-state index contributed by atoms with van der Waals surface area (Å²) in [7, 11) is 0. The van der Waals surface area contributed by atoms with Gasteiger partial charge in [-0.1, -0.05) is 25.1 Å². The van der Waals surface area contributed by atoms with Gasteiger partial charge in [-0.15, -0.1) is 0 Å². The number of hydrogen-bond donors (Lipinski definition) is 1. The standard InChI is InChI=1S/C13H19NO/c1-3-13(2,14)8-10-9-15-12-7-5-4-6-11(10)12/h4-7,10H,3,8-9,14H2,1-2H3. The van der Waals surface area contributed by atoms with E-state index >= 15 is 0 Å². The molecule has 1 aromatic rings. The second kappa shape index (κ2) is 3.86. The van der Waals surface area contributed by atoms with E-state index in [1.807, 2.05) is 12.1 Å². The molecule has 0 saturated heterocycles. The molecule has 0 amide bonds. The van der Waals surface area contributed by atoms with Crippen LogP contribution < -0.4 is 10.5 Å². The van der Waals surface area contributed by atoms with E-state index in [1.54, 1.807) is 0 Å². The van der Waals surface area contributed by atoms with Gasteiger partial charge in [0.05, 0.1) is 6.61 Å². The van der Waals surface area contributed by atoms with Crippen molar-refractivity contribution in [3.63, 3.8) is 0 Å². The van der Waals surface area contributed by atoms with E-state index in [1.165, 1.54) is 5.56 Å². The fourth-order valence-electron chi connectivity index (χ4n) is 2.11. The number of benzene rings is 1. The third kappa shape index (κ3) is 2.15. The summed E-state index contributed by atoms with van der Waals surface area (Å²) in [6.45, 7) is 5.04. The Morgan fingerprint density at radius 3 is 2.93 bits per heavy atom. The minimum absolute atomic E-state index is 0.0779. The van der Waals surface area contributed by atoms with Crippen molar-refractivity contribution in [2.45, 2.75) is 38.1 Å². The Morgan fingerprint density at radius 1 is 1.47 bits per heavy atom. The largest absolute Gasteiger partial charge is 0.493 e. The van der Waals surface area contributed by atoms with Gasteiger partial charge in [0.1, 0.15) is 5.75 Å². The first-order chi connectivity index (χ1) is 7.12. The van der Waals surface area contributed by atoms with Crippen LogP contribution in [0, 0.1) is 0 Å². The monoisotopic (exact) mass is 205 g/mol. The lowest BCUT2D eigenvalue weighted by atomic mass is 9.85. The first-order valence-electron chi connectivity index (χ1n) is 5.63. The summed E-state index contributed by atoms with van der Waals surface area (Å²) < 4.78 is 5.65. The zero-order chi connectivity index (χ0) is 10.9. The van der Waals surface area contributed by atoms with Gasteiger partial charge in [-0.25, -0.2) is 0 Å². The smallest absolute Gasteiger partial charge is 0.122 e. The van der Waals surface area contributed by atoms with Crippen LogP contribution in [0.1, 0.15) is 38.2 Å². The Balaban J connectivity index is 2.14. The van der Waals surface area contributed by atoms with Gasteiger partial charge >= 0.3 is 0 Å². The van der Waals surface area contributed by atoms with Crippen LogP contribution in [0.25, 0.3) is 0 Å². The first kappa shape index (κ1) is 10.5. The van der Waals surface area contributed by atoms with Crippen LogP contribution >= 0.6 is 0 Å². The lowest BCUT2D eigenvalue weighted by molar-refractivity contribution is 0.293. The predicted octanol–water partition coefficient (Wildman–Crippen LogP) is 2.68. The summed E-state index contributed by atoms with van der Waals surface area (Å²) in [4.78, 5) is 0. The van der Waals surface area contributed by atoms with E-state index in [0.29, 0.717) is 5.92 Å². The Hall–Kier alpha value is -1.02. The lowest BCUT2D eigenvalue weighted by Gasteiger charge is -2.25. The molecular formula is C13H19NO. The van der Waals surface area contributed by atoms with Crippen molar-refractivity contribution in [3.8, 4) is 5.75 Å². The molecule has 1 aliphatic heterocycles. The molecule has 2 atom stereocenters. The summed E-state index contributed by atoms with van der Waals surface area (Å²) >= 11 is 0. The van der Waals surface area contributed by atoms with Gasteiger partial charge in [-0.3, -0.25) is 0 Å². The third-order valence-electron chi connectivity index (χ3n) is 3.32. The van der Waals surface area contributed by atoms with Gasteiger partial charge in [0.25, 0.3) is 0 Å². The lowest BCUT2D eigenvalue weighted by Crippen LogP contribution is -2.37. The van der Waals surface area contributed by atoms with E-state index in [0.717, 1.165) is 25.2 Å². The van der Waals surface area contributed by atoms with Crippen molar-refractivity contribution >= 4 is 0 Å². The van der Waals surface area contributed by atoms with Crippen molar-refractivity contribution in [2.24, 2.45) is 5.73 Å². The van der Waals surface area contributed by atoms with Gasteiger partial charge in [-0.05, 0) is 25.8 Å². The molecule has 0 radical (unpaired) electrons. The van der Waals surface area contributed by atoms with Crippen LogP contribution in [0.4, 0.5) is 0 Å². The molecule has 2 unspecified atom stereocenters. The molecule has 0 spiro atoms. The maximum absolute atomic E-state index is 6.20. The van der Waals surface area contributed by atoms with Gasteiger partial charge in [0.2, 0.25) is 0 Å². The minimum Gasteiger partial charge on any atom is -0.493 e. The van der Waals surface area contributed by atoms with Crippen LogP contribution in [-0.4, -0.2) is 12.1 Å². The molecule has 0 fully saturated rings. The first-order valence-corrected chi connectivity index (χ1v) is 5.63. The van der Waals surface area contributed by atoms with Crippen molar-refractivity contribution in [3.05, 3.63) is 29.8 Å². The number of ether oxygens (including phenoxy) is 1. The van der Waals surface area contributed by atoms with Crippen molar-refractivity contribution in [1.82, 2.24) is 0 Å². The van der Waals surface area contributed by atoms with Crippen LogP contribution in [-0.2, 0) is 0 Å². The second-order valence-corrected chi connectivity index (χ2v) is 4.76. The Labute approximate surface area is 91.4 Å². The Morgan fingerprint density at radius 2 is 2.20 bits per heavy atom. The molecule has 0 bridgehead atoms. The predicted molar refractivity (Wildman–Crippen MR) is 62.2 cm³/mol. The molecule has 1 aromatic carbocycles. The summed E-state index contributed by atoms with van der Waals surface area (Å²) in [5, 5.41) is 0. The second-order valence-electron chi connectivity index (χ2n) is 4.76. The van der Waals surface area contributed by atoms with Crippen molar-refractivity contribution in [2.75, 3.05) is 6.61 Å². The average molecular weight is 205 g/mol. The van der Waals surface area contributed by atoms with Gasteiger partial charge in [0.15, 0.2) is 0 Å². The zero-order valence-corrected chi connectivity index (χ0v) is 9.49. The fraction of sp³-hybridized carbons (Fsp3) is 0.538. The van der Waals surface area contributed by atoms with Gasteiger partial charge < -0.3 is 10.5 Å². The molecule has 2 heteroatoms. The van der Waals surface area contributed by atoms with Crippen molar-refractivity contribution < 1.29 is 4.74 Å². The number of para-hydroxylation sites is 1. The Bertz CT molecular complexity index is 346. The third-order valence-corrected chi connectivity index (χ3v) is 3.32. The minimum atomic E-state index is -0.0779. The molecule has 82 valence electrons. The van der Waals surface area contributed by atoms with E-state index in [-0.39, 0.29) is 5.54 Å². The SMILES string of the molecule is CCC(C)(N)CC1COc2ccccc21. The number of rotatable bonds is 3. The molecule has 0 aromatic heterocycles. The molecule has 0 saturated carbocycles. The summed E-state index contributed by atoms with van der Waals surface area (Å²) in [5.41, 5.74) is 7.44. The highest BCUT2D eigenvalue weighted by molar-refractivity contribution is 5.39. The number of hydrogen-bond acceptors (Lipinski definition) is 2. The summed E-state index contributed by atoms with van der Waals surface area (Å²) in [6.07, 6.45) is 2.01. The Kier molecular flexibility index (Phi) is 2.70. The quantitative estimate of drug-likeness (QED) is 0.823. The van der Waals surface area contributed by atoms with Gasteiger partial charge in [-0.2, -0.15) is 0 Å². The topological polar surface area (TPSA) is 35.2 Å². The number of fused-ring (bicyclic) bond motifs is 1. The molecule has 1 aliphatic rings. The maximum atomic E-state index is 6.20. The number of nitrogens with two attached hydrogens (primary N) is 1. The van der Waals surface area contributed by atoms with Gasteiger partial charge in [0, 0.05) is 17.0 Å². The van der Waals surface area contributed by atoms with Crippen LogP contribution in [0.15, 0.2) is 24.3 Å². The highest BCUT2D eigenvalue weighted by atomic mass is 16.5. The van der Waals surface area contributed by atoms with E-state index in [4.69, 9.17) is 10.5 Å². The maximum Gasteiger partial charge on any atom is 0.122 e. The zero-order valence-electron chi connectivity index (χ0n) is 9.49. The molecular weight excluding hydrogens is 186 g/mol. The summed E-state index contributed by atoms with van der Waals surface area (Å²) in [5.74, 6) is 1.51. The molecule has 2 nitrogen and oxygen atoms in total. The molecule has 15 heavy (non-hydrogen) atoms. The molecule has 2 rings (SSSR count). The molecule has 2 N–H and O–H groups in total. The highest BCUT2D eigenvalue weighted by Crippen LogP contribution is 2.38. The normalized spacial score (nSPS) is 23.0. The van der Waals surface area contributed by atoms with Crippen LogP contribution in [0.3, 0.4) is 0 Å². The van der Waals surface area contributed by atoms with Crippen LogP contribution in [0.2, 0.25) is 0 Å². The summed E-state index contributed by atoms with van der Waals surface area (Å²) in [6, 6.07) is 8.27. The van der Waals surface area contributed by atoms with E-state index in [2.05, 4.69) is 26.0 Å². The van der Waals surface area contributed by atoms with Crippen molar-refractivity contribution in [1.29, 1.82) is 0 Å². The van der Waals surface area contributed by atoms with E-state index < -0.39 is 0 Å². The molecule has 0 aliphatic carbocycles. The molecule has 1 heterocycles.